The number of imide groups is 1. The van der Waals surface area contributed by atoms with Crippen LogP contribution in [0.4, 0.5) is 5.69 Å². The van der Waals surface area contributed by atoms with Gasteiger partial charge in [-0.25, -0.2) is 4.79 Å². The average molecular weight is 936 g/mol. The van der Waals surface area contributed by atoms with Crippen LogP contribution in [0, 0.1) is 11.3 Å². The van der Waals surface area contributed by atoms with Gasteiger partial charge in [-0.2, -0.15) is 8.42 Å². The number of benzene rings is 1. The third-order valence-corrected chi connectivity index (χ3v) is 11.4. The number of carbonyl (C=O) groups is 7. The Bertz CT molecular complexity index is 2220. The van der Waals surface area contributed by atoms with Crippen LogP contribution in [0.5, 0.6) is 0 Å². The number of carboxylic acid groups (broad SMARTS) is 1. The van der Waals surface area contributed by atoms with Crippen molar-refractivity contribution in [3.63, 3.8) is 0 Å². The number of nitrogens with one attached hydrogen (secondary N) is 3. The van der Waals surface area contributed by atoms with Crippen molar-refractivity contribution < 1.29 is 76.4 Å². The van der Waals surface area contributed by atoms with Gasteiger partial charge in [0.2, 0.25) is 17.7 Å². The van der Waals surface area contributed by atoms with Crippen molar-refractivity contribution >= 4 is 57.3 Å². The van der Waals surface area contributed by atoms with Crippen LogP contribution in [0.15, 0.2) is 36.5 Å². The van der Waals surface area contributed by atoms with Crippen molar-refractivity contribution in [1.82, 2.24) is 30.5 Å². The smallest absolute Gasteiger partial charge is 0.335 e. The van der Waals surface area contributed by atoms with Gasteiger partial charge in [0.15, 0.2) is 6.10 Å². The summed E-state index contributed by atoms with van der Waals surface area (Å²) in [6.07, 6.45) is -4.77. The number of aromatic nitrogens is 3. The number of esters is 1. The average Bonchev–Trinajstić information content (AvgIpc) is 3.82. The summed E-state index contributed by atoms with van der Waals surface area (Å²) in [5.41, 5.74) is 0.658. The zero-order valence-electron chi connectivity index (χ0n) is 36.7. The monoisotopic (exact) mass is 935 g/mol. The molecule has 358 valence electrons. The van der Waals surface area contributed by atoms with Crippen LogP contribution >= 0.6 is 0 Å². The molecule has 0 bridgehead atoms. The Labute approximate surface area is 374 Å². The van der Waals surface area contributed by atoms with Gasteiger partial charge < -0.3 is 45.9 Å². The highest BCUT2D eigenvalue weighted by molar-refractivity contribution is 7.85. The van der Waals surface area contributed by atoms with E-state index in [0.717, 1.165) is 17.1 Å². The van der Waals surface area contributed by atoms with Gasteiger partial charge >= 0.3 is 11.9 Å². The van der Waals surface area contributed by atoms with E-state index in [4.69, 9.17) is 14.0 Å². The molecule has 3 heterocycles. The second-order valence-electron chi connectivity index (χ2n) is 17.3. The first-order valence-corrected chi connectivity index (χ1v) is 22.4. The molecule has 8 N–H and O–H groups in total. The fourth-order valence-electron chi connectivity index (χ4n) is 6.92. The number of hydrogen-bond acceptors (Lipinski definition) is 16. The topological polar surface area (TPSA) is 343 Å². The number of aliphatic hydroxyl groups excluding tert-OH is 3. The van der Waals surface area contributed by atoms with Gasteiger partial charge in [-0.1, -0.05) is 25.1 Å². The van der Waals surface area contributed by atoms with Gasteiger partial charge in [-0.05, 0) is 82.6 Å². The van der Waals surface area contributed by atoms with Gasteiger partial charge in [0.25, 0.3) is 21.9 Å². The molecule has 5 amide bonds. The van der Waals surface area contributed by atoms with Crippen LogP contribution in [0.25, 0.3) is 0 Å². The lowest BCUT2D eigenvalue weighted by Gasteiger charge is -2.39. The van der Waals surface area contributed by atoms with Gasteiger partial charge in [0.1, 0.15) is 42.7 Å². The zero-order valence-corrected chi connectivity index (χ0v) is 37.6. The summed E-state index contributed by atoms with van der Waals surface area (Å²) in [4.78, 5) is 90.9. The first kappa shape index (κ1) is 52.0. The molecular weight excluding hydrogens is 879 g/mol. The van der Waals surface area contributed by atoms with Crippen molar-refractivity contribution in [3.8, 4) is 0 Å². The van der Waals surface area contributed by atoms with Gasteiger partial charge in [-0.3, -0.25) is 42.9 Å². The number of aliphatic carboxylic acids is 1. The molecule has 0 aliphatic carbocycles. The number of rotatable bonds is 21. The summed E-state index contributed by atoms with van der Waals surface area (Å²) in [5, 5.41) is 56.0. The Kier molecular flexibility index (Phi) is 17.6. The summed E-state index contributed by atoms with van der Waals surface area (Å²) in [6.45, 7) is 9.61. The maximum atomic E-state index is 13.6. The Morgan fingerprint density at radius 2 is 1.58 bits per heavy atom. The molecule has 24 heteroatoms. The molecule has 1 aromatic heterocycles. The highest BCUT2D eigenvalue weighted by Crippen LogP contribution is 2.28. The zero-order chi connectivity index (χ0) is 48.6. The highest BCUT2D eigenvalue weighted by atomic mass is 32.2. The van der Waals surface area contributed by atoms with Crippen LogP contribution in [0.2, 0.25) is 0 Å². The third-order valence-electron chi connectivity index (χ3n) is 10.6. The minimum Gasteiger partial charge on any atom is -0.479 e. The molecule has 1 fully saturated rings. The Balaban J connectivity index is 1.43. The van der Waals surface area contributed by atoms with E-state index in [1.807, 2.05) is 0 Å². The summed E-state index contributed by atoms with van der Waals surface area (Å²) in [6, 6.07) is 1.14. The lowest BCUT2D eigenvalue weighted by atomic mass is 9.91. The van der Waals surface area contributed by atoms with E-state index in [9.17, 15) is 62.4 Å². The minimum atomic E-state index is -4.24. The summed E-state index contributed by atoms with van der Waals surface area (Å²) < 4.78 is 43.4. The van der Waals surface area contributed by atoms with E-state index in [2.05, 4.69) is 26.3 Å². The number of amides is 5. The van der Waals surface area contributed by atoms with Gasteiger partial charge in [0.05, 0.1) is 35.9 Å². The van der Waals surface area contributed by atoms with E-state index in [-0.39, 0.29) is 50.2 Å². The molecule has 2 aliphatic heterocycles. The molecule has 0 spiro atoms. The fourth-order valence-corrected chi connectivity index (χ4v) is 7.41. The van der Waals surface area contributed by atoms with Crippen molar-refractivity contribution in [3.05, 3.63) is 53.4 Å². The molecule has 0 radical (unpaired) electrons. The maximum Gasteiger partial charge on any atom is 0.335 e. The van der Waals surface area contributed by atoms with E-state index in [1.54, 1.807) is 52.8 Å². The molecule has 4 rings (SSSR count). The molecule has 0 saturated carbocycles. The molecule has 1 saturated heterocycles. The van der Waals surface area contributed by atoms with Crippen LogP contribution in [-0.4, -0.2) is 143 Å². The normalized spacial score (nSPS) is 21.5. The molecule has 65 heavy (non-hydrogen) atoms. The predicted octanol–water partition coefficient (Wildman–Crippen LogP) is -0.457. The quantitative estimate of drug-likeness (QED) is 0.0446. The first-order chi connectivity index (χ1) is 30.3. The number of carboxylic acids is 1. The summed E-state index contributed by atoms with van der Waals surface area (Å²) >= 11 is 0. The van der Waals surface area contributed by atoms with Crippen molar-refractivity contribution in [2.24, 2.45) is 11.3 Å². The molecule has 8 atom stereocenters. The van der Waals surface area contributed by atoms with Crippen LogP contribution in [-0.2, 0) is 72.7 Å². The SMILES string of the molecule is CC(C)[C@H](NC(=O)C[C@H](c1cn(CCCS(=O)(=O)O)nn1)N1C(=O)C=CC1=O)C(=O)N[C@@H](C)C(=O)Nc1ccc(COC(=O)C(C)(C)C)c(CCC[C@@H]2O[C@H](C(=O)O)[C@@H](O)[C@H](O)[C@H]2O)c1. The van der Waals surface area contributed by atoms with Crippen molar-refractivity contribution in [2.75, 3.05) is 11.1 Å². The number of nitrogens with zero attached hydrogens (tertiary/aromatic N) is 4. The molecule has 0 unspecified atom stereocenters. The van der Waals surface area contributed by atoms with Crippen LogP contribution in [0.1, 0.15) is 90.1 Å². The number of anilines is 1. The number of aryl methyl sites for hydroxylation is 2. The van der Waals surface area contributed by atoms with E-state index in [1.165, 1.54) is 17.8 Å². The minimum absolute atomic E-state index is 0.00612. The van der Waals surface area contributed by atoms with E-state index in [0.29, 0.717) is 11.1 Å². The Hall–Kier alpha value is -5.66. The maximum absolute atomic E-state index is 13.6. The standard InChI is InChI=1S/C41H57N7O16S/c1-21(2)32(44-29(49)18-27(48-30(50)13-14-31(48)51)26-19-47(46-45-26)15-8-16-65(60,61)62)38(56)42-22(3)37(55)43-25-12-11-24(20-63-40(59)41(4,5)6)23(17-25)9-7-10-28-33(52)34(53)35(54)36(64-28)39(57)58/h11-14,17,19,21-22,27-28,32-36,52-54H,7-10,15-16,18,20H2,1-6H3,(H,42,56)(H,43,55)(H,44,49)(H,57,58)(H,60,61,62)/t22-,27+,28-,32-,33-,34+,35-,36-/m0/s1. The van der Waals surface area contributed by atoms with E-state index < -0.39 is 124 Å². The molecule has 2 aliphatic rings. The molecule has 2 aromatic rings. The first-order valence-electron chi connectivity index (χ1n) is 20.8. The fraction of sp³-hybridized carbons (Fsp3) is 0.585. The second-order valence-corrected chi connectivity index (χ2v) is 18.8. The molecule has 1 aromatic carbocycles. The number of aliphatic hydroxyl groups is 3. The highest BCUT2D eigenvalue weighted by Gasteiger charge is 2.46. The van der Waals surface area contributed by atoms with Gasteiger partial charge in [0, 0.05) is 24.4 Å². The number of carbonyl (C=O) groups excluding carboxylic acids is 6. The van der Waals surface area contributed by atoms with Crippen LogP contribution in [0.3, 0.4) is 0 Å². The Morgan fingerprint density at radius 1 is 0.923 bits per heavy atom. The summed E-state index contributed by atoms with van der Waals surface area (Å²) in [5.74, 6) is -6.70. The molecule has 23 nitrogen and oxygen atoms in total. The second kappa shape index (κ2) is 22.0. The van der Waals surface area contributed by atoms with Crippen molar-refractivity contribution in [2.45, 2.75) is 135 Å². The lowest BCUT2D eigenvalue weighted by molar-refractivity contribution is -0.228. The van der Waals surface area contributed by atoms with Gasteiger partial charge in [-0.15, -0.1) is 5.10 Å². The largest absolute Gasteiger partial charge is 0.479 e. The Morgan fingerprint density at radius 3 is 2.18 bits per heavy atom. The number of hydrogen-bond donors (Lipinski definition) is 8. The van der Waals surface area contributed by atoms with Crippen LogP contribution < -0.4 is 16.0 Å². The molecular formula is C41H57N7O16S. The van der Waals surface area contributed by atoms with Crippen molar-refractivity contribution in [1.29, 1.82) is 0 Å². The third kappa shape index (κ3) is 14.4. The number of ether oxygens (including phenoxy) is 2. The lowest BCUT2D eigenvalue weighted by Crippen LogP contribution is -2.59. The summed E-state index contributed by atoms with van der Waals surface area (Å²) in [7, 11) is -4.24. The predicted molar refractivity (Wildman–Crippen MR) is 225 cm³/mol. The van der Waals surface area contributed by atoms with E-state index >= 15 is 0 Å².